The van der Waals surface area contributed by atoms with E-state index in [2.05, 4.69) is 4.98 Å². The molecule has 0 fully saturated rings. The molecule has 1 aromatic heterocycles. The number of thiazole rings is 1. The van der Waals surface area contributed by atoms with Crippen LogP contribution in [0.5, 0.6) is 5.75 Å². The molecule has 3 rings (SSSR count). The fraction of sp³-hybridized carbons (Fsp3) is 0.375. The van der Waals surface area contributed by atoms with Crippen LogP contribution in [-0.4, -0.2) is 17.4 Å². The van der Waals surface area contributed by atoms with E-state index < -0.39 is 0 Å². The summed E-state index contributed by atoms with van der Waals surface area (Å²) in [7, 11) is 0. The van der Waals surface area contributed by atoms with Gasteiger partial charge in [0.15, 0.2) is 0 Å². The summed E-state index contributed by atoms with van der Waals surface area (Å²) in [5.74, 6) is 1.10. The van der Waals surface area contributed by atoms with Gasteiger partial charge in [-0.1, -0.05) is 18.2 Å². The number of ether oxygens (including phenoxy) is 1. The van der Waals surface area contributed by atoms with E-state index in [1.54, 1.807) is 11.3 Å². The Hall–Kier alpha value is -1.68. The number of fused-ring (bicyclic) bond motifs is 1. The molecule has 1 aliphatic heterocycles. The predicted octanol–water partition coefficient (Wildman–Crippen LogP) is 3.12. The third-order valence-corrected chi connectivity index (χ3v) is 4.81. The van der Waals surface area contributed by atoms with Gasteiger partial charge in [0, 0.05) is 4.88 Å². The Labute approximate surface area is 122 Å². The first-order chi connectivity index (χ1) is 9.63. The smallest absolute Gasteiger partial charge is 0.146 e. The quantitative estimate of drug-likeness (QED) is 0.870. The van der Waals surface area contributed by atoms with Crippen molar-refractivity contribution in [2.75, 3.05) is 6.61 Å². The van der Waals surface area contributed by atoms with Gasteiger partial charge in [-0.2, -0.15) is 0 Å². The van der Waals surface area contributed by atoms with Crippen LogP contribution in [0.15, 0.2) is 24.3 Å². The minimum absolute atomic E-state index is 0.0468. The zero-order valence-corrected chi connectivity index (χ0v) is 12.5. The molecule has 0 aliphatic carbocycles. The van der Waals surface area contributed by atoms with Crippen molar-refractivity contribution < 1.29 is 9.53 Å². The summed E-state index contributed by atoms with van der Waals surface area (Å²) in [5, 5.41) is 0.920. The highest BCUT2D eigenvalue weighted by Gasteiger charge is 2.26. The molecule has 2 aromatic rings. The van der Waals surface area contributed by atoms with E-state index >= 15 is 0 Å². The summed E-state index contributed by atoms with van der Waals surface area (Å²) in [6.07, 6.45) is 1.20. The van der Waals surface area contributed by atoms with Gasteiger partial charge in [0.05, 0.1) is 24.6 Å². The van der Waals surface area contributed by atoms with Crippen LogP contribution in [0, 0.1) is 19.8 Å². The van der Waals surface area contributed by atoms with Crippen LogP contribution in [0.2, 0.25) is 0 Å². The Morgan fingerprint density at radius 2 is 2.20 bits per heavy atom. The summed E-state index contributed by atoms with van der Waals surface area (Å²) in [4.78, 5) is 18.0. The van der Waals surface area contributed by atoms with Crippen LogP contribution >= 0.6 is 11.3 Å². The average Bonchev–Trinajstić information content (AvgIpc) is 2.76. The van der Waals surface area contributed by atoms with Crippen molar-refractivity contribution >= 4 is 17.1 Å². The molecule has 104 valence electrons. The van der Waals surface area contributed by atoms with Crippen LogP contribution in [0.4, 0.5) is 0 Å². The van der Waals surface area contributed by atoms with Crippen molar-refractivity contribution in [3.05, 3.63) is 45.4 Å². The molecule has 2 heterocycles. The highest BCUT2D eigenvalue weighted by atomic mass is 32.1. The molecule has 1 atom stereocenters. The third kappa shape index (κ3) is 2.61. The fourth-order valence-electron chi connectivity index (χ4n) is 2.44. The molecular weight excluding hydrogens is 270 g/mol. The number of para-hydroxylation sites is 1. The van der Waals surface area contributed by atoms with E-state index in [0.717, 1.165) is 28.4 Å². The zero-order chi connectivity index (χ0) is 14.1. The molecule has 0 N–H and O–H groups in total. The maximum atomic E-state index is 12.4. The van der Waals surface area contributed by atoms with Crippen molar-refractivity contribution in [2.24, 2.45) is 5.92 Å². The molecule has 0 bridgehead atoms. The fourth-order valence-corrected chi connectivity index (χ4v) is 3.39. The van der Waals surface area contributed by atoms with Crippen molar-refractivity contribution in [2.45, 2.75) is 26.7 Å². The molecule has 3 nitrogen and oxygen atoms in total. The summed E-state index contributed by atoms with van der Waals surface area (Å²) >= 11 is 1.62. The van der Waals surface area contributed by atoms with Crippen molar-refractivity contribution in [1.82, 2.24) is 4.98 Å². The molecule has 0 spiro atoms. The summed E-state index contributed by atoms with van der Waals surface area (Å²) in [5.41, 5.74) is 2.16. The van der Waals surface area contributed by atoms with Crippen LogP contribution in [0.1, 0.15) is 21.1 Å². The van der Waals surface area contributed by atoms with Gasteiger partial charge in [0.1, 0.15) is 16.5 Å². The lowest BCUT2D eigenvalue weighted by Crippen LogP contribution is -2.29. The van der Waals surface area contributed by atoms with E-state index in [4.69, 9.17) is 4.74 Å². The van der Waals surface area contributed by atoms with Gasteiger partial charge < -0.3 is 4.74 Å². The van der Waals surface area contributed by atoms with Gasteiger partial charge in [-0.25, -0.2) is 4.98 Å². The summed E-state index contributed by atoms with van der Waals surface area (Å²) in [6.45, 7) is 4.51. The molecule has 20 heavy (non-hydrogen) atoms. The van der Waals surface area contributed by atoms with Crippen molar-refractivity contribution in [3.8, 4) is 5.75 Å². The van der Waals surface area contributed by atoms with E-state index in [1.165, 1.54) is 4.88 Å². The molecule has 0 radical (unpaired) electrons. The number of benzene rings is 1. The van der Waals surface area contributed by atoms with Gasteiger partial charge in [-0.05, 0) is 31.9 Å². The highest BCUT2D eigenvalue weighted by molar-refractivity contribution is 7.11. The minimum atomic E-state index is -0.0468. The zero-order valence-electron chi connectivity index (χ0n) is 11.7. The second kappa shape index (κ2) is 5.37. The first-order valence-electron chi connectivity index (χ1n) is 6.80. The molecule has 4 heteroatoms. The lowest BCUT2D eigenvalue weighted by molar-refractivity contribution is -0.123. The monoisotopic (exact) mass is 287 g/mol. The number of Topliss-reactive ketones (excluding diaryl/α,β-unsaturated/α-hetero) is 1. The van der Waals surface area contributed by atoms with E-state index in [0.29, 0.717) is 13.0 Å². The average molecular weight is 287 g/mol. The molecule has 1 aromatic carbocycles. The third-order valence-electron chi connectivity index (χ3n) is 3.73. The maximum Gasteiger partial charge on any atom is 0.146 e. The highest BCUT2D eigenvalue weighted by Crippen LogP contribution is 2.28. The Bertz CT molecular complexity index is 628. The molecule has 0 saturated carbocycles. The standard InChI is InChI=1S/C16H17NO2S/c1-10-11(2)20-16(17-10)8-14(18)13-7-12-5-3-4-6-15(12)19-9-13/h3-6,13H,7-9H2,1-2H3. The predicted molar refractivity (Wildman–Crippen MR) is 79.4 cm³/mol. The maximum absolute atomic E-state index is 12.4. The lowest BCUT2D eigenvalue weighted by Gasteiger charge is -2.24. The number of carbonyl (C=O) groups is 1. The first kappa shape index (κ1) is 13.3. The molecular formula is C16H17NO2S. The van der Waals surface area contributed by atoms with Crippen molar-refractivity contribution in [3.63, 3.8) is 0 Å². The number of hydrogen-bond acceptors (Lipinski definition) is 4. The Morgan fingerprint density at radius 1 is 1.40 bits per heavy atom. The second-order valence-corrected chi connectivity index (χ2v) is 6.50. The molecule has 0 saturated heterocycles. The van der Waals surface area contributed by atoms with Gasteiger partial charge >= 0.3 is 0 Å². The van der Waals surface area contributed by atoms with Crippen LogP contribution in [0.3, 0.4) is 0 Å². The Balaban J connectivity index is 1.70. The largest absolute Gasteiger partial charge is 0.493 e. The molecule has 1 aliphatic rings. The van der Waals surface area contributed by atoms with Gasteiger partial charge in [0.25, 0.3) is 0 Å². The van der Waals surface area contributed by atoms with Crippen LogP contribution in [0.25, 0.3) is 0 Å². The number of ketones is 1. The Morgan fingerprint density at radius 3 is 2.95 bits per heavy atom. The normalized spacial score (nSPS) is 17.4. The van der Waals surface area contributed by atoms with E-state index in [9.17, 15) is 4.79 Å². The van der Waals surface area contributed by atoms with Crippen LogP contribution in [-0.2, 0) is 17.6 Å². The van der Waals surface area contributed by atoms with E-state index in [1.807, 2.05) is 38.1 Å². The van der Waals surface area contributed by atoms with Gasteiger partial charge in [-0.15, -0.1) is 11.3 Å². The lowest BCUT2D eigenvalue weighted by atomic mass is 9.92. The first-order valence-corrected chi connectivity index (χ1v) is 7.61. The van der Waals surface area contributed by atoms with Crippen molar-refractivity contribution in [1.29, 1.82) is 0 Å². The summed E-state index contributed by atoms with van der Waals surface area (Å²) < 4.78 is 5.69. The minimum Gasteiger partial charge on any atom is -0.493 e. The van der Waals surface area contributed by atoms with Gasteiger partial charge in [-0.3, -0.25) is 4.79 Å². The number of nitrogens with zero attached hydrogens (tertiary/aromatic N) is 1. The topological polar surface area (TPSA) is 39.2 Å². The number of carbonyl (C=O) groups excluding carboxylic acids is 1. The number of hydrogen-bond donors (Lipinski definition) is 0. The number of aryl methyl sites for hydroxylation is 2. The SMILES string of the molecule is Cc1nc(CC(=O)C2COc3ccccc3C2)sc1C. The number of aromatic nitrogens is 1. The van der Waals surface area contributed by atoms with Crippen LogP contribution < -0.4 is 4.74 Å². The molecule has 1 unspecified atom stereocenters. The van der Waals surface area contributed by atoms with E-state index in [-0.39, 0.29) is 11.7 Å². The Kier molecular flexibility index (Phi) is 3.57. The molecule has 0 amide bonds. The van der Waals surface area contributed by atoms with Gasteiger partial charge in [0.2, 0.25) is 0 Å². The second-order valence-electron chi connectivity index (χ2n) is 5.21. The summed E-state index contributed by atoms with van der Waals surface area (Å²) in [6, 6.07) is 7.95. The number of rotatable bonds is 3.